The predicted octanol–water partition coefficient (Wildman–Crippen LogP) is 7.32. The molecule has 1 saturated heterocycles. The van der Waals surface area contributed by atoms with E-state index in [4.69, 9.17) is 22.0 Å². The zero-order valence-corrected chi connectivity index (χ0v) is 30.3. The number of carbonyl (C=O) groups is 3. The van der Waals surface area contributed by atoms with E-state index in [1.54, 1.807) is 11.8 Å². The van der Waals surface area contributed by atoms with Crippen LogP contribution in [0.4, 0.5) is 11.4 Å². The average Bonchev–Trinajstić information content (AvgIpc) is 3.12. The number of aliphatic imine (C=N–C) groups is 1. The van der Waals surface area contributed by atoms with Crippen LogP contribution in [0.5, 0.6) is 0 Å². The van der Waals surface area contributed by atoms with Crippen LogP contribution in [0.25, 0.3) is 0 Å². The summed E-state index contributed by atoms with van der Waals surface area (Å²) in [4.78, 5) is 53.1. The zero-order valence-electron chi connectivity index (χ0n) is 29.6. The largest absolute Gasteiger partial charge is 0.360 e. The summed E-state index contributed by atoms with van der Waals surface area (Å²) in [5, 5.41) is 9.29. The van der Waals surface area contributed by atoms with Gasteiger partial charge in [-0.3, -0.25) is 24.8 Å². The number of anilines is 1. The van der Waals surface area contributed by atoms with Crippen molar-refractivity contribution >= 4 is 52.1 Å². The van der Waals surface area contributed by atoms with Crippen molar-refractivity contribution in [3.63, 3.8) is 0 Å². The Kier molecular flexibility index (Phi) is 12.8. The molecule has 2 aliphatic rings. The number of hydrogen-bond acceptors (Lipinski definition) is 6. The molecule has 10 heteroatoms. The highest BCUT2D eigenvalue weighted by atomic mass is 35.5. The Bertz CT molecular complexity index is 1730. The van der Waals surface area contributed by atoms with Gasteiger partial charge in [0.05, 0.1) is 17.8 Å². The van der Waals surface area contributed by atoms with Gasteiger partial charge in [0.2, 0.25) is 5.91 Å². The molecule has 0 bridgehead atoms. The van der Waals surface area contributed by atoms with Crippen molar-refractivity contribution in [3.8, 4) is 0 Å². The first-order valence-corrected chi connectivity index (χ1v) is 18.2. The van der Waals surface area contributed by atoms with Crippen LogP contribution in [0.15, 0.2) is 71.7 Å². The van der Waals surface area contributed by atoms with Crippen LogP contribution in [0.1, 0.15) is 79.9 Å². The van der Waals surface area contributed by atoms with Gasteiger partial charge < -0.3 is 19.6 Å². The molecule has 264 valence electrons. The normalized spacial score (nSPS) is 14.8. The number of piperazine rings is 1. The van der Waals surface area contributed by atoms with Gasteiger partial charge in [-0.15, -0.1) is 0 Å². The standard InChI is InChI=1S/C40H49ClN6O3/c1-4-6-18-44(19-7-5-2)40(50)36(42)23-29(3)43-37-16-15-34(25-35(37)39(49)47-20-17-31-12-8-9-13-32(31)27-47)45-21-22-46(38(48)28-45)26-30-11-10-14-33(41)24-30/h8-16,24-25,42H,4-7,17-23,26-28H2,1-3H3. The second-order valence-corrected chi connectivity index (χ2v) is 13.8. The summed E-state index contributed by atoms with van der Waals surface area (Å²) in [5.74, 6) is -0.376. The third-order valence-corrected chi connectivity index (χ3v) is 9.66. The Hall–Kier alpha value is -4.50. The first-order chi connectivity index (χ1) is 24.2. The molecular weight excluding hydrogens is 648 g/mol. The van der Waals surface area contributed by atoms with Crippen LogP contribution < -0.4 is 4.90 Å². The highest BCUT2D eigenvalue weighted by molar-refractivity contribution is 6.40. The Labute approximate surface area is 301 Å². The van der Waals surface area contributed by atoms with Crippen molar-refractivity contribution in [3.05, 3.63) is 94.0 Å². The fraction of sp³-hybridized carbons (Fsp3) is 0.425. The smallest absolute Gasteiger partial charge is 0.267 e. The molecule has 0 aromatic heterocycles. The van der Waals surface area contributed by atoms with Gasteiger partial charge in [-0.1, -0.05) is 74.7 Å². The molecule has 1 N–H and O–H groups in total. The molecule has 50 heavy (non-hydrogen) atoms. The molecule has 0 aliphatic carbocycles. The molecule has 1 fully saturated rings. The number of unbranched alkanes of at least 4 members (excludes halogenated alkanes) is 2. The van der Waals surface area contributed by atoms with E-state index < -0.39 is 0 Å². The van der Waals surface area contributed by atoms with Gasteiger partial charge in [0.1, 0.15) is 5.71 Å². The minimum Gasteiger partial charge on any atom is -0.360 e. The van der Waals surface area contributed by atoms with Crippen LogP contribution >= 0.6 is 11.6 Å². The van der Waals surface area contributed by atoms with E-state index in [-0.39, 0.29) is 36.4 Å². The number of carbonyl (C=O) groups excluding carboxylic acids is 3. The summed E-state index contributed by atoms with van der Waals surface area (Å²) >= 11 is 6.17. The molecule has 2 aliphatic heterocycles. The molecule has 9 nitrogen and oxygen atoms in total. The summed E-state index contributed by atoms with van der Waals surface area (Å²) < 4.78 is 0. The summed E-state index contributed by atoms with van der Waals surface area (Å²) in [7, 11) is 0. The highest BCUT2D eigenvalue weighted by Crippen LogP contribution is 2.30. The number of nitrogens with zero attached hydrogens (tertiary/aromatic N) is 5. The van der Waals surface area contributed by atoms with Crippen LogP contribution in [0.2, 0.25) is 5.02 Å². The zero-order chi connectivity index (χ0) is 35.6. The molecular formula is C40H49ClN6O3. The van der Waals surface area contributed by atoms with Crippen molar-refractivity contribution in [1.82, 2.24) is 14.7 Å². The molecule has 3 aromatic rings. The van der Waals surface area contributed by atoms with Crippen LogP contribution in [0.3, 0.4) is 0 Å². The number of nitrogens with one attached hydrogen (secondary N) is 1. The van der Waals surface area contributed by atoms with E-state index in [1.807, 2.05) is 69.3 Å². The topological polar surface area (TPSA) is 100 Å². The van der Waals surface area contributed by atoms with Crippen molar-refractivity contribution in [2.75, 3.05) is 44.2 Å². The maximum atomic E-state index is 14.3. The number of benzene rings is 3. The maximum Gasteiger partial charge on any atom is 0.267 e. The molecule has 2 heterocycles. The minimum absolute atomic E-state index is 0.00440. The monoisotopic (exact) mass is 696 g/mol. The summed E-state index contributed by atoms with van der Waals surface area (Å²) in [6.45, 7) is 10.2. The van der Waals surface area contributed by atoms with Crippen LogP contribution in [-0.2, 0) is 29.1 Å². The van der Waals surface area contributed by atoms with Crippen LogP contribution in [-0.4, -0.2) is 83.1 Å². The Morgan fingerprint density at radius 3 is 2.34 bits per heavy atom. The van der Waals surface area contributed by atoms with Crippen molar-refractivity contribution in [2.45, 2.75) is 72.4 Å². The first kappa shape index (κ1) is 36.8. The second-order valence-electron chi connectivity index (χ2n) is 13.3. The highest BCUT2D eigenvalue weighted by Gasteiger charge is 2.28. The third-order valence-electron chi connectivity index (χ3n) is 9.43. The van der Waals surface area contributed by atoms with E-state index in [1.165, 1.54) is 5.56 Å². The quantitative estimate of drug-likeness (QED) is 0.179. The van der Waals surface area contributed by atoms with E-state index >= 15 is 0 Å². The third kappa shape index (κ3) is 9.38. The van der Waals surface area contributed by atoms with Crippen molar-refractivity contribution in [2.24, 2.45) is 4.99 Å². The summed E-state index contributed by atoms with van der Waals surface area (Å²) in [5.41, 5.74) is 5.68. The Balaban J connectivity index is 1.37. The summed E-state index contributed by atoms with van der Waals surface area (Å²) in [6, 6.07) is 21.3. The molecule has 0 spiro atoms. The molecule has 0 unspecified atom stereocenters. The molecule has 3 aromatic carbocycles. The summed E-state index contributed by atoms with van der Waals surface area (Å²) in [6.07, 6.45) is 4.63. The van der Waals surface area contributed by atoms with Gasteiger partial charge in [0, 0.05) is 68.7 Å². The molecule has 3 amide bonds. The van der Waals surface area contributed by atoms with Gasteiger partial charge in [-0.25, -0.2) is 0 Å². The predicted molar refractivity (Wildman–Crippen MR) is 202 cm³/mol. The van der Waals surface area contributed by atoms with E-state index in [2.05, 4.69) is 26.0 Å². The minimum atomic E-state index is -0.251. The number of halogens is 1. The lowest BCUT2D eigenvalue weighted by Crippen LogP contribution is -2.50. The lowest BCUT2D eigenvalue weighted by Gasteiger charge is -2.36. The molecule has 5 rings (SSSR count). The lowest BCUT2D eigenvalue weighted by atomic mass is 9.99. The van der Waals surface area contributed by atoms with Gasteiger partial charge in [0.15, 0.2) is 0 Å². The number of fused-ring (bicyclic) bond motifs is 1. The maximum absolute atomic E-state index is 14.3. The van der Waals surface area contributed by atoms with Crippen molar-refractivity contribution < 1.29 is 14.4 Å². The van der Waals surface area contributed by atoms with E-state index in [0.717, 1.165) is 48.9 Å². The number of rotatable bonds is 14. The average molecular weight is 697 g/mol. The molecule has 0 atom stereocenters. The Morgan fingerprint density at radius 2 is 1.64 bits per heavy atom. The number of hydrogen-bond donors (Lipinski definition) is 1. The lowest BCUT2D eigenvalue weighted by molar-refractivity contribution is -0.131. The SMILES string of the molecule is CCCCN(CCCC)C(=O)C(=N)CC(C)=Nc1ccc(N2CCN(Cc3cccc(Cl)c3)C(=O)C2)cc1C(=O)N1CCc2ccccc2C1. The van der Waals surface area contributed by atoms with Crippen molar-refractivity contribution in [1.29, 1.82) is 5.41 Å². The van der Waals surface area contributed by atoms with Gasteiger partial charge >= 0.3 is 0 Å². The van der Waals surface area contributed by atoms with E-state index in [0.29, 0.717) is 67.8 Å². The Morgan fingerprint density at radius 1 is 0.900 bits per heavy atom. The van der Waals surface area contributed by atoms with Gasteiger partial charge in [0.25, 0.3) is 11.8 Å². The van der Waals surface area contributed by atoms with Gasteiger partial charge in [-0.2, -0.15) is 0 Å². The van der Waals surface area contributed by atoms with Gasteiger partial charge in [-0.05, 0) is 73.2 Å². The first-order valence-electron chi connectivity index (χ1n) is 17.8. The van der Waals surface area contributed by atoms with Crippen LogP contribution in [0, 0.1) is 5.41 Å². The van der Waals surface area contributed by atoms with E-state index in [9.17, 15) is 14.4 Å². The fourth-order valence-corrected chi connectivity index (χ4v) is 6.77. The number of amides is 3. The molecule has 0 saturated carbocycles. The molecule has 0 radical (unpaired) electrons. The second kappa shape index (κ2) is 17.4. The fourth-order valence-electron chi connectivity index (χ4n) is 6.56.